The maximum atomic E-state index is 12.6. The molecular weight excluding hydrogens is 378 g/mol. The Labute approximate surface area is 164 Å². The van der Waals surface area contributed by atoms with Gasteiger partial charge in [0.15, 0.2) is 0 Å². The Kier molecular flexibility index (Phi) is 5.40. The van der Waals surface area contributed by atoms with Gasteiger partial charge >= 0.3 is 5.97 Å². The van der Waals surface area contributed by atoms with Gasteiger partial charge in [0.1, 0.15) is 5.75 Å². The molecule has 6 nitrogen and oxygen atoms in total. The van der Waals surface area contributed by atoms with Crippen molar-refractivity contribution in [1.82, 2.24) is 0 Å². The topological polar surface area (TPSA) is 95.7 Å². The summed E-state index contributed by atoms with van der Waals surface area (Å²) in [6.07, 6.45) is 2.42. The third-order valence-electron chi connectivity index (χ3n) is 4.66. The zero-order valence-corrected chi connectivity index (χ0v) is 16.7. The Hall–Kier alpha value is -2.90. The van der Waals surface area contributed by atoms with Crippen LogP contribution in [0.25, 0.3) is 11.6 Å². The number of allylic oxidation sites excluding steroid dienone is 1. The summed E-state index contributed by atoms with van der Waals surface area (Å²) in [5.41, 5.74) is 4.93. The van der Waals surface area contributed by atoms with Crippen LogP contribution in [0, 0.1) is 0 Å². The van der Waals surface area contributed by atoms with Crippen LogP contribution in [0.1, 0.15) is 23.6 Å². The van der Waals surface area contributed by atoms with Gasteiger partial charge in [-0.3, -0.25) is 0 Å². The first-order valence-electron chi connectivity index (χ1n) is 8.55. The van der Waals surface area contributed by atoms with Gasteiger partial charge in [-0.1, -0.05) is 23.8 Å². The molecule has 0 aliphatic heterocycles. The van der Waals surface area contributed by atoms with Crippen LogP contribution in [0.5, 0.6) is 5.75 Å². The van der Waals surface area contributed by atoms with Gasteiger partial charge < -0.3 is 9.47 Å². The lowest BCUT2D eigenvalue weighted by molar-refractivity contribution is -0.135. The SMILES string of the molecule is COC(=O)/C(=C\c1ccc(S(N)(=O)=O)cc1)C1=C(C)Cc2ccc(OC)cc21. The fourth-order valence-electron chi connectivity index (χ4n) is 3.31. The Morgan fingerprint density at radius 2 is 1.79 bits per heavy atom. The first-order chi connectivity index (χ1) is 13.2. The average Bonchev–Trinajstić information content (AvgIpc) is 2.99. The van der Waals surface area contributed by atoms with Crippen molar-refractivity contribution < 1.29 is 22.7 Å². The highest BCUT2D eigenvalue weighted by atomic mass is 32.2. The van der Waals surface area contributed by atoms with Crippen molar-refractivity contribution in [2.45, 2.75) is 18.2 Å². The van der Waals surface area contributed by atoms with Crippen molar-refractivity contribution in [3.63, 3.8) is 0 Å². The molecular formula is C21H21NO5S. The Bertz CT molecular complexity index is 1100. The number of carbonyl (C=O) groups excluding carboxylic acids is 1. The summed E-state index contributed by atoms with van der Waals surface area (Å²) in [4.78, 5) is 12.6. The Balaban J connectivity index is 2.11. The number of benzene rings is 2. The van der Waals surface area contributed by atoms with E-state index in [1.54, 1.807) is 25.3 Å². The van der Waals surface area contributed by atoms with E-state index in [4.69, 9.17) is 14.6 Å². The van der Waals surface area contributed by atoms with E-state index in [1.165, 1.54) is 19.2 Å². The molecule has 0 atom stereocenters. The van der Waals surface area contributed by atoms with Crippen molar-refractivity contribution in [2.75, 3.05) is 14.2 Å². The zero-order valence-electron chi connectivity index (χ0n) is 15.9. The highest BCUT2D eigenvalue weighted by Gasteiger charge is 2.26. The molecule has 0 spiro atoms. The largest absolute Gasteiger partial charge is 0.497 e. The number of fused-ring (bicyclic) bond motifs is 1. The molecule has 0 saturated carbocycles. The molecule has 1 aliphatic carbocycles. The lowest BCUT2D eigenvalue weighted by atomic mass is 9.95. The highest BCUT2D eigenvalue weighted by Crippen LogP contribution is 2.40. The van der Waals surface area contributed by atoms with E-state index in [0.29, 0.717) is 16.9 Å². The van der Waals surface area contributed by atoms with Crippen molar-refractivity contribution in [3.05, 3.63) is 70.3 Å². The predicted molar refractivity (Wildman–Crippen MR) is 107 cm³/mol. The van der Waals surface area contributed by atoms with Gasteiger partial charge in [-0.05, 0) is 65.9 Å². The lowest BCUT2D eigenvalue weighted by Gasteiger charge is -2.12. The summed E-state index contributed by atoms with van der Waals surface area (Å²) in [6, 6.07) is 11.8. The molecule has 0 heterocycles. The molecule has 0 unspecified atom stereocenters. The number of esters is 1. The molecule has 1 aliphatic rings. The van der Waals surface area contributed by atoms with E-state index in [2.05, 4.69) is 0 Å². The predicted octanol–water partition coefficient (Wildman–Crippen LogP) is 2.93. The fraction of sp³-hybridized carbons (Fsp3) is 0.190. The third kappa shape index (κ3) is 3.85. The number of methoxy groups -OCH3 is 2. The molecule has 2 aromatic carbocycles. The quantitative estimate of drug-likeness (QED) is 0.616. The first-order valence-corrected chi connectivity index (χ1v) is 10.1. The fourth-order valence-corrected chi connectivity index (χ4v) is 3.83. The van der Waals surface area contributed by atoms with Crippen molar-refractivity contribution in [2.24, 2.45) is 5.14 Å². The molecule has 7 heteroatoms. The lowest BCUT2D eigenvalue weighted by Crippen LogP contribution is -2.11. The van der Waals surface area contributed by atoms with E-state index in [0.717, 1.165) is 28.7 Å². The van der Waals surface area contributed by atoms with Gasteiger partial charge in [0.05, 0.1) is 24.7 Å². The molecule has 146 valence electrons. The third-order valence-corrected chi connectivity index (χ3v) is 5.59. The van der Waals surface area contributed by atoms with E-state index >= 15 is 0 Å². The summed E-state index contributed by atoms with van der Waals surface area (Å²) in [5, 5.41) is 5.14. The molecule has 0 saturated heterocycles. The molecule has 0 radical (unpaired) electrons. The van der Waals surface area contributed by atoms with Crippen LogP contribution >= 0.6 is 0 Å². The summed E-state index contributed by atoms with van der Waals surface area (Å²) in [6.45, 7) is 1.97. The van der Waals surface area contributed by atoms with Crippen LogP contribution in [-0.2, 0) is 26.0 Å². The Morgan fingerprint density at radius 1 is 1.11 bits per heavy atom. The number of sulfonamides is 1. The smallest absolute Gasteiger partial charge is 0.338 e. The van der Waals surface area contributed by atoms with Gasteiger partial charge in [0, 0.05) is 0 Å². The van der Waals surface area contributed by atoms with Gasteiger partial charge in [-0.15, -0.1) is 0 Å². The van der Waals surface area contributed by atoms with Gasteiger partial charge in [-0.25, -0.2) is 18.4 Å². The minimum atomic E-state index is -3.78. The first kappa shape index (κ1) is 19.9. The summed E-state index contributed by atoms with van der Waals surface area (Å²) < 4.78 is 33.2. The molecule has 0 aromatic heterocycles. The zero-order chi connectivity index (χ0) is 20.5. The maximum Gasteiger partial charge on any atom is 0.338 e. The van der Waals surface area contributed by atoms with E-state index in [1.807, 2.05) is 25.1 Å². The minimum absolute atomic E-state index is 0.00983. The van der Waals surface area contributed by atoms with Crippen LogP contribution in [0.15, 0.2) is 58.5 Å². The Morgan fingerprint density at radius 3 is 2.36 bits per heavy atom. The summed E-state index contributed by atoms with van der Waals surface area (Å²) in [7, 11) is -0.851. The number of rotatable bonds is 5. The van der Waals surface area contributed by atoms with Crippen molar-refractivity contribution >= 4 is 27.6 Å². The second-order valence-corrected chi connectivity index (χ2v) is 8.08. The molecule has 3 rings (SSSR count). The van der Waals surface area contributed by atoms with E-state index in [-0.39, 0.29) is 4.90 Å². The van der Waals surface area contributed by atoms with Crippen molar-refractivity contribution in [3.8, 4) is 5.75 Å². The van der Waals surface area contributed by atoms with Crippen molar-refractivity contribution in [1.29, 1.82) is 0 Å². The second-order valence-electron chi connectivity index (χ2n) is 6.52. The monoisotopic (exact) mass is 399 g/mol. The molecule has 0 bridgehead atoms. The number of hydrogen-bond acceptors (Lipinski definition) is 5. The molecule has 2 N–H and O–H groups in total. The highest BCUT2D eigenvalue weighted by molar-refractivity contribution is 7.89. The van der Waals surface area contributed by atoms with Crippen LogP contribution in [-0.4, -0.2) is 28.6 Å². The van der Waals surface area contributed by atoms with Crippen LogP contribution in [0.4, 0.5) is 0 Å². The molecule has 28 heavy (non-hydrogen) atoms. The van der Waals surface area contributed by atoms with Crippen LogP contribution in [0.3, 0.4) is 0 Å². The molecule has 0 fully saturated rings. The van der Waals surface area contributed by atoms with E-state index < -0.39 is 16.0 Å². The number of carbonyl (C=O) groups is 1. The van der Waals surface area contributed by atoms with Gasteiger partial charge in [0.25, 0.3) is 0 Å². The number of nitrogens with two attached hydrogens (primary N) is 1. The minimum Gasteiger partial charge on any atom is -0.497 e. The summed E-state index contributed by atoms with van der Waals surface area (Å²) >= 11 is 0. The molecule has 2 aromatic rings. The van der Waals surface area contributed by atoms with Crippen LogP contribution < -0.4 is 9.88 Å². The molecule has 0 amide bonds. The van der Waals surface area contributed by atoms with Crippen LogP contribution in [0.2, 0.25) is 0 Å². The number of primary sulfonamides is 1. The van der Waals surface area contributed by atoms with Gasteiger partial charge in [-0.2, -0.15) is 0 Å². The average molecular weight is 399 g/mol. The standard InChI is InChI=1S/C21H21NO5S/c1-13-10-15-6-7-16(26-2)12-18(15)20(13)19(21(23)27-3)11-14-4-8-17(9-5-14)28(22,24)25/h4-9,11-12H,10H2,1-3H3,(H2,22,24,25)/b19-11-. The number of ether oxygens (including phenoxy) is 2. The normalized spacial score (nSPS) is 14.1. The maximum absolute atomic E-state index is 12.6. The van der Waals surface area contributed by atoms with E-state index in [9.17, 15) is 13.2 Å². The van der Waals surface area contributed by atoms with Gasteiger partial charge in [0.2, 0.25) is 10.0 Å². The number of hydrogen-bond donors (Lipinski definition) is 1. The second kappa shape index (κ2) is 7.61. The summed E-state index contributed by atoms with van der Waals surface area (Å²) in [5.74, 6) is 0.230.